The molecule has 1 rings (SSSR count). The number of carbonyl (C=O) groups is 1. The Morgan fingerprint density at radius 2 is 1.74 bits per heavy atom. The number of nitrogens with one attached hydrogen (secondary N) is 1. The molecule has 0 aromatic heterocycles. The maximum absolute atomic E-state index is 12.0. The highest BCUT2D eigenvalue weighted by molar-refractivity contribution is 5.89. The maximum Gasteiger partial charge on any atom is 0.321 e. The Morgan fingerprint density at radius 3 is 2.16 bits per heavy atom. The molecule has 1 N–H and O–H groups in total. The Bertz CT molecular complexity index is 425. The summed E-state index contributed by atoms with van der Waals surface area (Å²) in [4.78, 5) is 23.8. The SMILES string of the molecule is CCCN(CCC)C(=O)Nc1ccc([N+](=O)[O-])cc1. The lowest BCUT2D eigenvalue weighted by atomic mass is 10.3. The molecule has 0 saturated heterocycles. The lowest BCUT2D eigenvalue weighted by Crippen LogP contribution is -2.36. The van der Waals surface area contributed by atoms with Crippen LogP contribution in [0.15, 0.2) is 24.3 Å². The average molecular weight is 265 g/mol. The van der Waals surface area contributed by atoms with Gasteiger partial charge in [0.15, 0.2) is 0 Å². The topological polar surface area (TPSA) is 75.5 Å². The Morgan fingerprint density at radius 1 is 1.21 bits per heavy atom. The molecule has 1 aromatic carbocycles. The first kappa shape index (κ1) is 14.9. The van der Waals surface area contributed by atoms with Crippen molar-refractivity contribution in [3.05, 3.63) is 34.4 Å². The molecule has 0 saturated carbocycles. The van der Waals surface area contributed by atoms with Crippen molar-refractivity contribution in [2.24, 2.45) is 0 Å². The minimum atomic E-state index is -0.466. The fourth-order valence-corrected chi connectivity index (χ4v) is 1.72. The van der Waals surface area contributed by atoms with E-state index in [1.807, 2.05) is 13.8 Å². The summed E-state index contributed by atoms with van der Waals surface area (Å²) in [7, 11) is 0. The third kappa shape index (κ3) is 4.57. The molecule has 104 valence electrons. The van der Waals surface area contributed by atoms with Crippen LogP contribution in [0.4, 0.5) is 16.2 Å². The lowest BCUT2D eigenvalue weighted by Gasteiger charge is -2.21. The molecule has 0 aliphatic heterocycles. The smallest absolute Gasteiger partial charge is 0.321 e. The van der Waals surface area contributed by atoms with Gasteiger partial charge in [-0.15, -0.1) is 0 Å². The molecule has 1 aromatic rings. The van der Waals surface area contributed by atoms with Crippen LogP contribution in [0.3, 0.4) is 0 Å². The number of non-ortho nitro benzene ring substituents is 1. The third-order valence-corrected chi connectivity index (χ3v) is 2.60. The van der Waals surface area contributed by atoms with Crippen molar-refractivity contribution in [3.8, 4) is 0 Å². The van der Waals surface area contributed by atoms with E-state index in [-0.39, 0.29) is 11.7 Å². The highest BCUT2D eigenvalue weighted by Gasteiger charge is 2.12. The number of rotatable bonds is 6. The van der Waals surface area contributed by atoms with Gasteiger partial charge >= 0.3 is 6.03 Å². The van der Waals surface area contributed by atoms with Crippen LogP contribution in [0.25, 0.3) is 0 Å². The average Bonchev–Trinajstić information content (AvgIpc) is 2.39. The number of nitrogens with zero attached hydrogens (tertiary/aromatic N) is 2. The molecule has 0 fully saturated rings. The van der Waals surface area contributed by atoms with Crippen LogP contribution >= 0.6 is 0 Å². The van der Waals surface area contributed by atoms with E-state index in [1.165, 1.54) is 24.3 Å². The van der Waals surface area contributed by atoms with Crippen molar-refractivity contribution < 1.29 is 9.72 Å². The van der Waals surface area contributed by atoms with Gasteiger partial charge in [-0.1, -0.05) is 13.8 Å². The van der Waals surface area contributed by atoms with Crippen LogP contribution < -0.4 is 5.32 Å². The molecule has 0 heterocycles. The molecule has 0 bridgehead atoms. The second kappa shape index (κ2) is 7.35. The molecular weight excluding hydrogens is 246 g/mol. The van der Waals surface area contributed by atoms with Gasteiger partial charge in [-0.3, -0.25) is 10.1 Å². The van der Waals surface area contributed by atoms with Crippen molar-refractivity contribution >= 4 is 17.4 Å². The summed E-state index contributed by atoms with van der Waals surface area (Å²) in [5.41, 5.74) is 0.574. The molecular formula is C13H19N3O3. The molecule has 0 atom stereocenters. The molecule has 6 nitrogen and oxygen atoms in total. The number of benzene rings is 1. The number of urea groups is 1. The molecule has 0 aliphatic rings. The van der Waals surface area contributed by atoms with Gasteiger partial charge in [0.2, 0.25) is 0 Å². The summed E-state index contributed by atoms with van der Waals surface area (Å²) in [6.45, 7) is 5.43. The quantitative estimate of drug-likeness (QED) is 0.633. The number of carbonyl (C=O) groups excluding carboxylic acids is 1. The summed E-state index contributed by atoms with van der Waals surface area (Å²) in [6.07, 6.45) is 1.79. The van der Waals surface area contributed by atoms with Gasteiger partial charge in [-0.2, -0.15) is 0 Å². The van der Waals surface area contributed by atoms with Gasteiger partial charge in [0.05, 0.1) is 4.92 Å². The van der Waals surface area contributed by atoms with Gasteiger partial charge < -0.3 is 10.2 Å². The zero-order chi connectivity index (χ0) is 14.3. The zero-order valence-corrected chi connectivity index (χ0v) is 11.3. The van der Waals surface area contributed by atoms with E-state index in [0.717, 1.165) is 12.8 Å². The molecule has 0 aliphatic carbocycles. The Balaban J connectivity index is 2.66. The first-order valence-corrected chi connectivity index (χ1v) is 6.38. The van der Waals surface area contributed by atoms with Crippen molar-refractivity contribution in [1.82, 2.24) is 4.90 Å². The van der Waals surface area contributed by atoms with Crippen LogP contribution in [0.5, 0.6) is 0 Å². The zero-order valence-electron chi connectivity index (χ0n) is 11.3. The van der Waals surface area contributed by atoms with Crippen LogP contribution in [0, 0.1) is 10.1 Å². The van der Waals surface area contributed by atoms with Crippen LogP contribution in [0.1, 0.15) is 26.7 Å². The van der Waals surface area contributed by atoms with Gasteiger partial charge in [0, 0.05) is 30.9 Å². The van der Waals surface area contributed by atoms with Crippen LogP contribution in [-0.4, -0.2) is 28.9 Å². The number of hydrogen-bond acceptors (Lipinski definition) is 3. The largest absolute Gasteiger partial charge is 0.325 e. The summed E-state index contributed by atoms with van der Waals surface area (Å²) in [6, 6.07) is 5.65. The predicted molar refractivity (Wildman–Crippen MR) is 74.3 cm³/mol. The Kier molecular flexibility index (Phi) is 5.78. The Hall–Kier alpha value is -2.11. The van der Waals surface area contributed by atoms with Crippen molar-refractivity contribution in [3.63, 3.8) is 0 Å². The molecule has 0 spiro atoms. The first-order valence-electron chi connectivity index (χ1n) is 6.38. The van der Waals surface area contributed by atoms with Gasteiger partial charge in [-0.05, 0) is 25.0 Å². The van der Waals surface area contributed by atoms with E-state index >= 15 is 0 Å². The molecule has 19 heavy (non-hydrogen) atoms. The highest BCUT2D eigenvalue weighted by atomic mass is 16.6. The van der Waals surface area contributed by atoms with Crippen molar-refractivity contribution in [2.75, 3.05) is 18.4 Å². The molecule has 0 radical (unpaired) electrons. The standard InChI is InChI=1S/C13H19N3O3/c1-3-9-15(10-4-2)13(17)14-11-5-7-12(8-6-11)16(18)19/h5-8H,3-4,9-10H2,1-2H3,(H,14,17). The van der Waals surface area contributed by atoms with E-state index < -0.39 is 4.92 Å². The fourth-order valence-electron chi connectivity index (χ4n) is 1.72. The minimum Gasteiger partial charge on any atom is -0.325 e. The van der Waals surface area contributed by atoms with Gasteiger partial charge in [0.25, 0.3) is 5.69 Å². The van der Waals surface area contributed by atoms with Crippen LogP contribution in [-0.2, 0) is 0 Å². The normalized spacial score (nSPS) is 10.0. The monoisotopic (exact) mass is 265 g/mol. The predicted octanol–water partition coefficient (Wildman–Crippen LogP) is 3.25. The number of nitro groups is 1. The maximum atomic E-state index is 12.0. The number of hydrogen-bond donors (Lipinski definition) is 1. The second-order valence-corrected chi connectivity index (χ2v) is 4.22. The van der Waals surface area contributed by atoms with Crippen molar-refractivity contribution in [2.45, 2.75) is 26.7 Å². The molecule has 2 amide bonds. The third-order valence-electron chi connectivity index (χ3n) is 2.60. The van der Waals surface area contributed by atoms with E-state index in [0.29, 0.717) is 18.8 Å². The van der Waals surface area contributed by atoms with E-state index in [2.05, 4.69) is 5.32 Å². The highest BCUT2D eigenvalue weighted by Crippen LogP contribution is 2.15. The summed E-state index contributed by atoms with van der Waals surface area (Å²) >= 11 is 0. The van der Waals surface area contributed by atoms with Gasteiger partial charge in [0.1, 0.15) is 0 Å². The van der Waals surface area contributed by atoms with E-state index in [4.69, 9.17) is 0 Å². The second-order valence-electron chi connectivity index (χ2n) is 4.22. The van der Waals surface area contributed by atoms with Gasteiger partial charge in [-0.25, -0.2) is 4.79 Å². The van der Waals surface area contributed by atoms with Crippen molar-refractivity contribution in [1.29, 1.82) is 0 Å². The lowest BCUT2D eigenvalue weighted by molar-refractivity contribution is -0.384. The summed E-state index contributed by atoms with van der Waals surface area (Å²) in [5, 5.41) is 13.3. The van der Waals surface area contributed by atoms with E-state index in [1.54, 1.807) is 4.90 Å². The minimum absolute atomic E-state index is 0.0111. The summed E-state index contributed by atoms with van der Waals surface area (Å²) < 4.78 is 0. The van der Waals surface area contributed by atoms with E-state index in [9.17, 15) is 14.9 Å². The number of amides is 2. The first-order chi connectivity index (χ1) is 9.08. The Labute approximate surface area is 112 Å². The molecule has 6 heteroatoms. The fraction of sp³-hybridized carbons (Fsp3) is 0.462. The number of nitro benzene ring substituents is 1. The van der Waals surface area contributed by atoms with Crippen LogP contribution in [0.2, 0.25) is 0 Å². The molecule has 0 unspecified atom stereocenters. The summed E-state index contributed by atoms with van der Waals surface area (Å²) in [5.74, 6) is 0. The number of anilines is 1.